The first-order valence-corrected chi connectivity index (χ1v) is 11.0. The maximum absolute atomic E-state index is 13.0. The zero-order chi connectivity index (χ0) is 24.1. The van der Waals surface area contributed by atoms with Gasteiger partial charge in [-0.3, -0.25) is 14.5 Å². The Hall–Kier alpha value is -3.98. The van der Waals surface area contributed by atoms with Crippen LogP contribution in [0.3, 0.4) is 0 Å². The Morgan fingerprint density at radius 2 is 1.74 bits per heavy atom. The molecule has 34 heavy (non-hydrogen) atoms. The lowest BCUT2D eigenvalue weighted by molar-refractivity contribution is -0.123. The minimum absolute atomic E-state index is 0.105. The van der Waals surface area contributed by atoms with E-state index in [0.717, 1.165) is 14.9 Å². The van der Waals surface area contributed by atoms with E-state index in [9.17, 15) is 18.8 Å². The van der Waals surface area contributed by atoms with Gasteiger partial charge in [-0.15, -0.1) is 0 Å². The van der Waals surface area contributed by atoms with Crippen LogP contribution in [0.15, 0.2) is 83.0 Å². The van der Waals surface area contributed by atoms with Gasteiger partial charge in [-0.2, -0.15) is 0 Å². The lowest BCUT2D eigenvalue weighted by atomic mass is 10.1. The van der Waals surface area contributed by atoms with Gasteiger partial charge in [-0.25, -0.2) is 9.18 Å². The van der Waals surface area contributed by atoms with Gasteiger partial charge < -0.3 is 15.4 Å². The van der Waals surface area contributed by atoms with Gasteiger partial charge in [-0.05, 0) is 54.1 Å². The van der Waals surface area contributed by atoms with Crippen molar-refractivity contribution in [3.63, 3.8) is 0 Å². The van der Waals surface area contributed by atoms with Crippen molar-refractivity contribution in [2.24, 2.45) is 0 Å². The summed E-state index contributed by atoms with van der Waals surface area (Å²) < 4.78 is 19.5. The summed E-state index contributed by atoms with van der Waals surface area (Å²) in [5, 5.41) is 5.20. The first-order chi connectivity index (χ1) is 16.4. The quantitative estimate of drug-likeness (QED) is 0.347. The number of amides is 4. The predicted molar refractivity (Wildman–Crippen MR) is 128 cm³/mol. The topological polar surface area (TPSA) is 87.7 Å². The number of nitrogens with one attached hydrogen (secondary N) is 2. The number of carbonyl (C=O) groups is 3. The Morgan fingerprint density at radius 1 is 1.03 bits per heavy atom. The first kappa shape index (κ1) is 23.2. The molecule has 1 aliphatic rings. The molecular weight excluding hydrogens is 505 g/mol. The predicted octanol–water partition coefficient (Wildman–Crippen LogP) is 4.70. The largest absolute Gasteiger partial charge is 0.483 e. The van der Waals surface area contributed by atoms with E-state index in [1.54, 1.807) is 24.3 Å². The van der Waals surface area contributed by atoms with Crippen LogP contribution in [0.5, 0.6) is 5.75 Å². The van der Waals surface area contributed by atoms with Gasteiger partial charge in [0.1, 0.15) is 17.3 Å². The SMILES string of the molecule is O=C(COc1ccccc1C=C1NC(=O)N(Cc2ccc(Br)cc2)C1=O)Nc1ccc(F)cc1. The summed E-state index contributed by atoms with van der Waals surface area (Å²) in [6, 6.07) is 19.0. The summed E-state index contributed by atoms with van der Waals surface area (Å²) in [5.74, 6) is -0.936. The van der Waals surface area contributed by atoms with E-state index in [4.69, 9.17) is 4.74 Å². The van der Waals surface area contributed by atoms with Crippen LogP contribution in [-0.4, -0.2) is 29.4 Å². The van der Waals surface area contributed by atoms with E-state index in [0.29, 0.717) is 17.0 Å². The van der Waals surface area contributed by atoms with Crippen molar-refractivity contribution in [1.82, 2.24) is 10.2 Å². The number of para-hydroxylation sites is 1. The lowest BCUT2D eigenvalue weighted by Crippen LogP contribution is -2.30. The van der Waals surface area contributed by atoms with Gasteiger partial charge in [-0.1, -0.05) is 46.3 Å². The number of hydrogen-bond acceptors (Lipinski definition) is 4. The van der Waals surface area contributed by atoms with Crippen LogP contribution in [0.1, 0.15) is 11.1 Å². The number of benzene rings is 3. The maximum Gasteiger partial charge on any atom is 0.329 e. The molecule has 1 saturated heterocycles. The van der Waals surface area contributed by atoms with Crippen molar-refractivity contribution < 1.29 is 23.5 Å². The highest BCUT2D eigenvalue weighted by molar-refractivity contribution is 9.10. The van der Waals surface area contributed by atoms with Crippen molar-refractivity contribution in [1.29, 1.82) is 0 Å². The summed E-state index contributed by atoms with van der Waals surface area (Å²) in [4.78, 5) is 38.5. The summed E-state index contributed by atoms with van der Waals surface area (Å²) in [6.45, 7) is -0.162. The highest BCUT2D eigenvalue weighted by atomic mass is 79.9. The van der Waals surface area contributed by atoms with E-state index in [1.165, 1.54) is 30.3 Å². The maximum atomic E-state index is 13.0. The molecule has 1 fully saturated rings. The van der Waals surface area contributed by atoms with E-state index in [2.05, 4.69) is 26.6 Å². The fourth-order valence-corrected chi connectivity index (χ4v) is 3.51. The molecule has 4 amide bonds. The number of urea groups is 1. The van der Waals surface area contributed by atoms with E-state index in [-0.39, 0.29) is 18.8 Å². The lowest BCUT2D eigenvalue weighted by Gasteiger charge is -2.12. The normalized spacial score (nSPS) is 14.3. The smallest absolute Gasteiger partial charge is 0.329 e. The number of nitrogens with zero attached hydrogens (tertiary/aromatic N) is 1. The number of halogens is 2. The van der Waals surface area contributed by atoms with Crippen molar-refractivity contribution in [2.75, 3.05) is 11.9 Å². The zero-order valence-electron chi connectivity index (χ0n) is 17.8. The third kappa shape index (κ3) is 5.68. The molecule has 0 bridgehead atoms. The van der Waals surface area contributed by atoms with Gasteiger partial charge in [0.15, 0.2) is 6.61 Å². The molecule has 0 radical (unpaired) electrons. The van der Waals surface area contributed by atoms with Crippen LogP contribution in [-0.2, 0) is 16.1 Å². The Bertz CT molecular complexity index is 1260. The average Bonchev–Trinajstić information content (AvgIpc) is 3.08. The number of carbonyl (C=O) groups excluding carboxylic acids is 3. The monoisotopic (exact) mass is 523 g/mol. The van der Waals surface area contributed by atoms with Crippen LogP contribution in [0.25, 0.3) is 6.08 Å². The van der Waals surface area contributed by atoms with Crippen LogP contribution in [0.4, 0.5) is 14.9 Å². The van der Waals surface area contributed by atoms with Crippen molar-refractivity contribution >= 4 is 45.5 Å². The van der Waals surface area contributed by atoms with Crippen molar-refractivity contribution in [3.05, 3.63) is 99.9 Å². The molecule has 0 saturated carbocycles. The molecular formula is C25H19BrFN3O4. The van der Waals surface area contributed by atoms with Crippen LogP contribution in [0, 0.1) is 5.82 Å². The molecule has 0 atom stereocenters. The minimum Gasteiger partial charge on any atom is -0.483 e. The van der Waals surface area contributed by atoms with E-state index in [1.807, 2.05) is 24.3 Å². The highest BCUT2D eigenvalue weighted by Gasteiger charge is 2.33. The van der Waals surface area contributed by atoms with Gasteiger partial charge in [0, 0.05) is 15.7 Å². The molecule has 4 rings (SSSR count). The Morgan fingerprint density at radius 3 is 2.47 bits per heavy atom. The molecule has 0 aliphatic carbocycles. The fraction of sp³-hybridized carbons (Fsp3) is 0.0800. The Kier molecular flexibility index (Phi) is 7.03. The van der Waals surface area contributed by atoms with Gasteiger partial charge in [0.05, 0.1) is 6.54 Å². The average molecular weight is 524 g/mol. The molecule has 172 valence electrons. The molecule has 0 aromatic heterocycles. The molecule has 1 aliphatic heterocycles. The second-order valence-electron chi connectivity index (χ2n) is 7.39. The molecule has 1 heterocycles. The van der Waals surface area contributed by atoms with Crippen LogP contribution < -0.4 is 15.4 Å². The Balaban J connectivity index is 1.43. The molecule has 0 unspecified atom stereocenters. The standard InChI is InChI=1S/C25H19BrFN3O4/c26-18-7-5-16(6-8-18)14-30-24(32)21(29-25(30)33)13-17-3-1-2-4-22(17)34-15-23(31)28-20-11-9-19(27)10-12-20/h1-13H,14-15H2,(H,28,31)(H,29,33). The molecule has 0 spiro atoms. The summed E-state index contributed by atoms with van der Waals surface area (Å²) in [5.41, 5.74) is 1.87. The zero-order valence-corrected chi connectivity index (χ0v) is 19.3. The molecule has 7 nitrogen and oxygen atoms in total. The summed E-state index contributed by atoms with van der Waals surface area (Å²) in [6.07, 6.45) is 1.51. The summed E-state index contributed by atoms with van der Waals surface area (Å²) in [7, 11) is 0. The second-order valence-corrected chi connectivity index (χ2v) is 8.30. The van der Waals surface area contributed by atoms with E-state index >= 15 is 0 Å². The summed E-state index contributed by atoms with van der Waals surface area (Å²) >= 11 is 3.36. The number of hydrogen-bond donors (Lipinski definition) is 2. The van der Waals surface area contributed by atoms with Gasteiger partial charge in [0.25, 0.3) is 11.8 Å². The molecule has 2 N–H and O–H groups in total. The molecule has 9 heteroatoms. The van der Waals surface area contributed by atoms with Gasteiger partial charge >= 0.3 is 6.03 Å². The molecule has 3 aromatic carbocycles. The minimum atomic E-state index is -0.517. The molecule has 3 aromatic rings. The Labute approximate surface area is 203 Å². The fourth-order valence-electron chi connectivity index (χ4n) is 3.25. The number of ether oxygens (including phenoxy) is 1. The van der Waals surface area contributed by atoms with E-state index < -0.39 is 23.7 Å². The van der Waals surface area contributed by atoms with Crippen LogP contribution >= 0.6 is 15.9 Å². The van der Waals surface area contributed by atoms with Crippen molar-refractivity contribution in [3.8, 4) is 5.75 Å². The number of imide groups is 1. The van der Waals surface area contributed by atoms with Gasteiger partial charge in [0.2, 0.25) is 0 Å². The second kappa shape index (κ2) is 10.3. The van der Waals surface area contributed by atoms with Crippen molar-refractivity contribution in [2.45, 2.75) is 6.54 Å². The number of rotatable bonds is 7. The highest BCUT2D eigenvalue weighted by Crippen LogP contribution is 2.24. The third-order valence-corrected chi connectivity index (χ3v) is 5.45. The first-order valence-electron chi connectivity index (χ1n) is 10.3. The third-order valence-electron chi connectivity index (χ3n) is 4.92. The van der Waals surface area contributed by atoms with Crippen LogP contribution in [0.2, 0.25) is 0 Å². The number of anilines is 1.